The molecule has 2 N–H and O–H groups in total. The molecule has 1 aromatic rings. The lowest BCUT2D eigenvalue weighted by Crippen LogP contribution is -2.11. The van der Waals surface area contributed by atoms with E-state index in [2.05, 4.69) is 19.1 Å². The van der Waals surface area contributed by atoms with Crippen LogP contribution >= 0.6 is 0 Å². The number of benzene rings is 1. The normalized spacial score (nSPS) is 27.5. The molecule has 0 radical (unpaired) electrons. The van der Waals surface area contributed by atoms with E-state index in [-0.39, 0.29) is 0 Å². The number of rotatable bonds is 1. The van der Waals surface area contributed by atoms with Gasteiger partial charge in [-0.15, -0.1) is 0 Å². The van der Waals surface area contributed by atoms with E-state index >= 15 is 0 Å². The van der Waals surface area contributed by atoms with Crippen molar-refractivity contribution in [1.82, 2.24) is 0 Å². The number of nitrogens with two attached hydrogens (primary N) is 1. The molecule has 0 bridgehead atoms. The standard InChI is InChI=1S/C13H19N/c1-10-3-2-4-12(9-10)11-5-7-13(14)8-6-11/h5-8,10,12H,2-4,9,14H2,1H3/t10-,12-/m1/s1. The van der Waals surface area contributed by atoms with Crippen molar-refractivity contribution in [2.75, 3.05) is 5.73 Å². The minimum absolute atomic E-state index is 0.777. The topological polar surface area (TPSA) is 26.0 Å². The van der Waals surface area contributed by atoms with Gasteiger partial charge in [0.1, 0.15) is 0 Å². The highest BCUT2D eigenvalue weighted by Crippen LogP contribution is 2.35. The molecule has 0 aromatic heterocycles. The predicted molar refractivity (Wildman–Crippen MR) is 61.2 cm³/mol. The third kappa shape index (κ3) is 2.09. The Balaban J connectivity index is 2.10. The molecule has 0 aliphatic heterocycles. The Bertz CT molecular complexity index is 289. The van der Waals surface area contributed by atoms with Crippen molar-refractivity contribution in [3.63, 3.8) is 0 Å². The summed E-state index contributed by atoms with van der Waals surface area (Å²) in [7, 11) is 0. The van der Waals surface area contributed by atoms with Crippen molar-refractivity contribution in [3.05, 3.63) is 29.8 Å². The Morgan fingerprint density at radius 3 is 2.50 bits per heavy atom. The molecule has 1 aliphatic rings. The van der Waals surface area contributed by atoms with Gasteiger partial charge in [0, 0.05) is 5.69 Å². The number of nitrogen functional groups attached to an aromatic ring is 1. The first-order chi connectivity index (χ1) is 6.75. The van der Waals surface area contributed by atoms with Gasteiger partial charge in [-0.25, -0.2) is 0 Å². The summed E-state index contributed by atoms with van der Waals surface area (Å²) in [5.41, 5.74) is 8.03. The Hall–Kier alpha value is -0.980. The number of anilines is 1. The molecular formula is C13H19N. The van der Waals surface area contributed by atoms with E-state index in [1.54, 1.807) is 0 Å². The van der Waals surface area contributed by atoms with Crippen LogP contribution in [0.4, 0.5) is 5.69 Å². The van der Waals surface area contributed by atoms with Crippen molar-refractivity contribution < 1.29 is 0 Å². The third-order valence-electron chi connectivity index (χ3n) is 3.34. The van der Waals surface area contributed by atoms with Gasteiger partial charge >= 0.3 is 0 Å². The Morgan fingerprint density at radius 2 is 1.86 bits per heavy atom. The van der Waals surface area contributed by atoms with Gasteiger partial charge in [-0.2, -0.15) is 0 Å². The van der Waals surface area contributed by atoms with Crippen LogP contribution in [-0.4, -0.2) is 0 Å². The molecule has 1 aliphatic carbocycles. The largest absolute Gasteiger partial charge is 0.399 e. The number of hydrogen-bond donors (Lipinski definition) is 1. The summed E-state index contributed by atoms with van der Waals surface area (Å²) in [5.74, 6) is 1.67. The predicted octanol–water partition coefficient (Wildman–Crippen LogP) is 3.56. The van der Waals surface area contributed by atoms with E-state index < -0.39 is 0 Å². The fourth-order valence-electron chi connectivity index (χ4n) is 2.51. The monoisotopic (exact) mass is 189 g/mol. The molecule has 2 atom stereocenters. The maximum Gasteiger partial charge on any atom is 0.0314 e. The van der Waals surface area contributed by atoms with Crippen molar-refractivity contribution >= 4 is 5.69 Å². The van der Waals surface area contributed by atoms with Crippen LogP contribution in [0.2, 0.25) is 0 Å². The number of hydrogen-bond acceptors (Lipinski definition) is 1. The molecule has 14 heavy (non-hydrogen) atoms. The van der Waals surface area contributed by atoms with Crippen molar-refractivity contribution in [3.8, 4) is 0 Å². The Labute approximate surface area is 86.3 Å². The van der Waals surface area contributed by atoms with Gasteiger partial charge in [-0.1, -0.05) is 31.9 Å². The van der Waals surface area contributed by atoms with Gasteiger partial charge < -0.3 is 5.73 Å². The van der Waals surface area contributed by atoms with E-state index in [1.807, 2.05) is 12.1 Å². The Morgan fingerprint density at radius 1 is 1.14 bits per heavy atom. The van der Waals surface area contributed by atoms with Crippen LogP contribution in [0.3, 0.4) is 0 Å². The lowest BCUT2D eigenvalue weighted by atomic mass is 9.79. The maximum atomic E-state index is 5.68. The first kappa shape index (κ1) is 9.57. The van der Waals surface area contributed by atoms with Crippen LogP contribution in [0, 0.1) is 5.92 Å². The summed E-state index contributed by atoms with van der Waals surface area (Å²) in [4.78, 5) is 0. The molecule has 0 heterocycles. The van der Waals surface area contributed by atoms with E-state index in [0.29, 0.717) is 0 Å². The zero-order valence-electron chi connectivity index (χ0n) is 8.87. The third-order valence-corrected chi connectivity index (χ3v) is 3.34. The molecule has 0 saturated heterocycles. The van der Waals surface area contributed by atoms with Gasteiger partial charge in [0.2, 0.25) is 0 Å². The smallest absolute Gasteiger partial charge is 0.0314 e. The maximum absolute atomic E-state index is 5.68. The molecule has 1 fully saturated rings. The summed E-state index contributed by atoms with van der Waals surface area (Å²) in [5, 5.41) is 0. The summed E-state index contributed by atoms with van der Waals surface area (Å²) in [6.07, 6.45) is 5.50. The van der Waals surface area contributed by atoms with Crippen molar-refractivity contribution in [2.24, 2.45) is 5.92 Å². The van der Waals surface area contributed by atoms with Crippen molar-refractivity contribution in [1.29, 1.82) is 0 Å². The second kappa shape index (κ2) is 4.04. The molecule has 0 amide bonds. The van der Waals surface area contributed by atoms with Gasteiger partial charge in [0.05, 0.1) is 0 Å². The highest BCUT2D eigenvalue weighted by atomic mass is 14.5. The zero-order valence-corrected chi connectivity index (χ0v) is 8.87. The van der Waals surface area contributed by atoms with Gasteiger partial charge in [0.25, 0.3) is 0 Å². The summed E-state index contributed by atoms with van der Waals surface area (Å²) < 4.78 is 0. The highest BCUT2D eigenvalue weighted by molar-refractivity contribution is 5.40. The van der Waals surface area contributed by atoms with Gasteiger partial charge in [0.15, 0.2) is 0 Å². The molecule has 1 nitrogen and oxygen atoms in total. The van der Waals surface area contributed by atoms with E-state index in [4.69, 9.17) is 5.73 Å². The lowest BCUT2D eigenvalue weighted by molar-refractivity contribution is 0.344. The van der Waals surface area contributed by atoms with Gasteiger partial charge in [-0.05, 0) is 42.4 Å². The van der Waals surface area contributed by atoms with Crippen LogP contribution in [0.5, 0.6) is 0 Å². The fourth-order valence-corrected chi connectivity index (χ4v) is 2.51. The molecule has 1 aromatic carbocycles. The SMILES string of the molecule is C[C@@H]1CCC[C@@H](c2ccc(N)cc2)C1. The zero-order chi connectivity index (χ0) is 9.97. The molecule has 0 unspecified atom stereocenters. The minimum Gasteiger partial charge on any atom is -0.399 e. The highest BCUT2D eigenvalue weighted by Gasteiger charge is 2.19. The van der Waals surface area contributed by atoms with Crippen LogP contribution in [0.15, 0.2) is 24.3 Å². The van der Waals surface area contributed by atoms with Crippen LogP contribution in [0.25, 0.3) is 0 Å². The first-order valence-electron chi connectivity index (χ1n) is 5.61. The van der Waals surface area contributed by atoms with Gasteiger partial charge in [-0.3, -0.25) is 0 Å². The van der Waals surface area contributed by atoms with Crippen LogP contribution in [-0.2, 0) is 0 Å². The minimum atomic E-state index is 0.777. The summed E-state index contributed by atoms with van der Waals surface area (Å²) in [6, 6.07) is 8.43. The average molecular weight is 189 g/mol. The lowest BCUT2D eigenvalue weighted by Gasteiger charge is -2.27. The molecular weight excluding hydrogens is 170 g/mol. The Kier molecular flexibility index (Phi) is 2.76. The molecule has 0 spiro atoms. The van der Waals surface area contributed by atoms with E-state index in [9.17, 15) is 0 Å². The second-order valence-corrected chi connectivity index (χ2v) is 4.64. The summed E-state index contributed by atoms with van der Waals surface area (Å²) >= 11 is 0. The molecule has 1 heteroatoms. The average Bonchev–Trinajstić information content (AvgIpc) is 2.19. The molecule has 2 rings (SSSR count). The quantitative estimate of drug-likeness (QED) is 0.672. The fraction of sp³-hybridized carbons (Fsp3) is 0.538. The van der Waals surface area contributed by atoms with E-state index in [0.717, 1.165) is 17.5 Å². The van der Waals surface area contributed by atoms with E-state index in [1.165, 1.54) is 31.2 Å². The summed E-state index contributed by atoms with van der Waals surface area (Å²) in [6.45, 7) is 2.36. The van der Waals surface area contributed by atoms with Crippen molar-refractivity contribution in [2.45, 2.75) is 38.5 Å². The van der Waals surface area contributed by atoms with Crippen LogP contribution in [0.1, 0.15) is 44.1 Å². The first-order valence-corrected chi connectivity index (χ1v) is 5.61. The molecule has 1 saturated carbocycles. The molecule has 76 valence electrons. The second-order valence-electron chi connectivity index (χ2n) is 4.64. The van der Waals surface area contributed by atoms with Crippen LogP contribution < -0.4 is 5.73 Å².